The quantitative estimate of drug-likeness (QED) is 0.0922. The Hall–Kier alpha value is -6.54. The summed E-state index contributed by atoms with van der Waals surface area (Å²) < 4.78 is 25.1. The van der Waals surface area contributed by atoms with E-state index >= 15 is 0 Å². The van der Waals surface area contributed by atoms with Crippen molar-refractivity contribution < 1.29 is 28.5 Å². The van der Waals surface area contributed by atoms with Crippen molar-refractivity contribution in [2.45, 2.75) is 66.0 Å². The van der Waals surface area contributed by atoms with Crippen LogP contribution >= 0.6 is 46.4 Å². The number of hydrogen-bond acceptors (Lipinski definition) is 9. The highest BCUT2D eigenvalue weighted by Crippen LogP contribution is 2.41. The minimum Gasteiger partial charge on any atom is -0.488 e. The van der Waals surface area contributed by atoms with E-state index in [2.05, 4.69) is 34.7 Å². The fourth-order valence-electron chi connectivity index (χ4n) is 8.30. The second-order valence-electron chi connectivity index (χ2n) is 17.6. The van der Waals surface area contributed by atoms with Crippen LogP contribution in [0.15, 0.2) is 97.6 Å². The van der Waals surface area contributed by atoms with Crippen molar-refractivity contribution in [3.8, 4) is 40.2 Å². The highest BCUT2D eigenvalue weighted by atomic mass is 35.5. The molecule has 0 atom stereocenters. The van der Waals surface area contributed by atoms with E-state index in [1.54, 1.807) is 48.8 Å². The smallest absolute Gasteiger partial charge is 0.257 e. The van der Waals surface area contributed by atoms with Crippen molar-refractivity contribution >= 4 is 63.9 Å². The van der Waals surface area contributed by atoms with Gasteiger partial charge in [-0.3, -0.25) is 19.6 Å². The second kappa shape index (κ2) is 22.9. The standard InChI is InChI=1S/C54H48Cl4N6O6/c1-33-10-14-63(15-11-33)53(65)43-20-45(55)49(22-47(43)67-29-36-18-35(24-59)25-61-26-36)69-31-38-6-4-8-41(51(38)57)42-9-5-7-39(52(42)58)32-70-50-23-48(68-30-37-19-40(60-3)28-62-27-37)44(21-46(50)56)54(66)64-16-12-34(2)13-17-64/h4-9,18-23,25-28,33-34H,10-17,29-32H2,1-2H3. The number of halogens is 4. The van der Waals surface area contributed by atoms with Crippen LogP contribution < -0.4 is 18.9 Å². The van der Waals surface area contributed by atoms with Gasteiger partial charge in [0.05, 0.1) is 43.4 Å². The summed E-state index contributed by atoms with van der Waals surface area (Å²) in [6.45, 7) is 14.4. The maximum atomic E-state index is 13.9. The normalized spacial score (nSPS) is 14.1. The first-order valence-corrected chi connectivity index (χ1v) is 24.4. The van der Waals surface area contributed by atoms with Crippen LogP contribution in [0.2, 0.25) is 20.1 Å². The van der Waals surface area contributed by atoms with Gasteiger partial charge in [-0.25, -0.2) is 4.85 Å². The number of nitriles is 1. The van der Waals surface area contributed by atoms with E-state index in [-0.39, 0.29) is 71.3 Å². The molecule has 0 spiro atoms. The number of carbonyl (C=O) groups excluding carboxylic acids is 2. The fourth-order valence-corrected chi connectivity index (χ4v) is 9.30. The van der Waals surface area contributed by atoms with E-state index in [1.165, 1.54) is 12.4 Å². The summed E-state index contributed by atoms with van der Waals surface area (Å²) in [5, 5.41) is 10.6. The number of aromatic nitrogens is 2. The van der Waals surface area contributed by atoms with E-state index in [0.29, 0.717) is 104 Å². The highest BCUT2D eigenvalue weighted by molar-refractivity contribution is 6.37. The molecule has 6 aromatic rings. The number of piperidine rings is 2. The Kier molecular flexibility index (Phi) is 16.3. The summed E-state index contributed by atoms with van der Waals surface area (Å²) in [4.78, 5) is 43.2. The zero-order valence-electron chi connectivity index (χ0n) is 38.5. The van der Waals surface area contributed by atoms with E-state index in [9.17, 15) is 14.9 Å². The lowest BCUT2D eigenvalue weighted by atomic mass is 9.98. The Bertz CT molecular complexity index is 2800. The zero-order chi connectivity index (χ0) is 49.3. The van der Waals surface area contributed by atoms with E-state index in [1.807, 2.05) is 46.2 Å². The van der Waals surface area contributed by atoms with Crippen LogP contribution in [0.5, 0.6) is 23.0 Å². The number of likely N-dealkylation sites (tertiary alicyclic amines) is 2. The molecule has 0 unspecified atom stereocenters. The summed E-state index contributed by atoms with van der Waals surface area (Å²) in [6.07, 6.45) is 9.76. The summed E-state index contributed by atoms with van der Waals surface area (Å²) in [7, 11) is 0. The first-order valence-electron chi connectivity index (χ1n) is 22.9. The molecular weight excluding hydrogens is 970 g/mol. The predicted molar refractivity (Wildman–Crippen MR) is 270 cm³/mol. The molecule has 0 radical (unpaired) electrons. The van der Waals surface area contributed by atoms with Gasteiger partial charge < -0.3 is 28.7 Å². The van der Waals surface area contributed by atoms with Gasteiger partial charge >= 0.3 is 0 Å². The summed E-state index contributed by atoms with van der Waals surface area (Å²) in [6, 6.07) is 22.9. The Morgan fingerprint density at radius 2 is 1.07 bits per heavy atom. The van der Waals surface area contributed by atoms with Gasteiger partial charge in [0.2, 0.25) is 5.69 Å². The molecule has 0 saturated carbocycles. The maximum absolute atomic E-state index is 13.9. The molecular formula is C54H48Cl4N6O6. The summed E-state index contributed by atoms with van der Waals surface area (Å²) in [5.41, 5.74) is 5.27. The van der Waals surface area contributed by atoms with Gasteiger partial charge in [0.15, 0.2) is 0 Å². The van der Waals surface area contributed by atoms with Crippen LogP contribution in [-0.2, 0) is 26.4 Å². The molecule has 2 aromatic heterocycles. The third kappa shape index (κ3) is 11.9. The molecule has 358 valence electrons. The van der Waals surface area contributed by atoms with E-state index < -0.39 is 0 Å². The molecule has 8 rings (SSSR count). The van der Waals surface area contributed by atoms with Crippen LogP contribution in [0.1, 0.15) is 88.1 Å². The van der Waals surface area contributed by atoms with Crippen LogP contribution in [-0.4, -0.2) is 57.8 Å². The Labute approximate surface area is 427 Å². The molecule has 0 bridgehead atoms. The average molecular weight is 1020 g/mol. The van der Waals surface area contributed by atoms with Crippen molar-refractivity contribution in [3.63, 3.8) is 0 Å². The molecule has 2 aliphatic rings. The second-order valence-corrected chi connectivity index (χ2v) is 19.1. The van der Waals surface area contributed by atoms with Gasteiger partial charge in [0.1, 0.15) is 55.5 Å². The Morgan fingerprint density at radius 1 is 0.629 bits per heavy atom. The number of pyridine rings is 2. The number of hydrogen-bond donors (Lipinski definition) is 0. The number of benzene rings is 4. The third-order valence-corrected chi connectivity index (χ3v) is 14.0. The lowest BCUT2D eigenvalue weighted by Gasteiger charge is -2.31. The van der Waals surface area contributed by atoms with Crippen LogP contribution in [0.25, 0.3) is 16.0 Å². The minimum absolute atomic E-state index is 0.0114. The van der Waals surface area contributed by atoms with E-state index in [0.717, 1.165) is 25.7 Å². The van der Waals surface area contributed by atoms with Crippen LogP contribution in [0.3, 0.4) is 0 Å². The van der Waals surface area contributed by atoms with Crippen LogP contribution in [0.4, 0.5) is 5.69 Å². The van der Waals surface area contributed by atoms with Gasteiger partial charge in [-0.1, -0.05) is 96.6 Å². The van der Waals surface area contributed by atoms with Crippen molar-refractivity contribution in [1.82, 2.24) is 19.8 Å². The zero-order valence-corrected chi connectivity index (χ0v) is 41.5. The summed E-state index contributed by atoms with van der Waals surface area (Å²) >= 11 is 27.9. The van der Waals surface area contributed by atoms with Crippen molar-refractivity contribution in [2.24, 2.45) is 11.8 Å². The van der Waals surface area contributed by atoms with Gasteiger partial charge in [0, 0.05) is 90.9 Å². The molecule has 70 heavy (non-hydrogen) atoms. The van der Waals surface area contributed by atoms with Crippen molar-refractivity contribution in [3.05, 3.63) is 168 Å². The first kappa shape index (κ1) is 49.9. The minimum atomic E-state index is -0.192. The third-order valence-electron chi connectivity index (χ3n) is 12.5. The number of carbonyl (C=O) groups is 2. The van der Waals surface area contributed by atoms with Crippen LogP contribution in [0, 0.1) is 29.7 Å². The van der Waals surface area contributed by atoms with E-state index in [4.69, 9.17) is 71.9 Å². The monoisotopic (exact) mass is 1020 g/mol. The number of rotatable bonds is 15. The molecule has 4 heterocycles. The van der Waals surface area contributed by atoms with Gasteiger partial charge in [-0.05, 0) is 67.3 Å². The predicted octanol–water partition coefficient (Wildman–Crippen LogP) is 13.2. The molecule has 0 aliphatic carbocycles. The SMILES string of the molecule is [C-]#[N+]c1cncc(COc2cc(OCc3cccc(-c4cccc(COc5cc(OCc6cncc(C#N)c6)c(C(=O)N6CCC(C)CC6)cc5Cl)c4Cl)c3Cl)c(Cl)cc2C(=O)N2CCC(C)CC2)c1. The van der Waals surface area contributed by atoms with Gasteiger partial charge in [0.25, 0.3) is 11.8 Å². The molecule has 16 heteroatoms. The molecule has 2 saturated heterocycles. The molecule has 12 nitrogen and oxygen atoms in total. The first-order chi connectivity index (χ1) is 33.9. The maximum Gasteiger partial charge on any atom is 0.257 e. The Balaban J connectivity index is 1.01. The number of nitrogens with zero attached hydrogens (tertiary/aromatic N) is 6. The van der Waals surface area contributed by atoms with Gasteiger partial charge in [-0.15, -0.1) is 0 Å². The fraction of sp³-hybridized carbons (Fsp3) is 0.296. The molecule has 2 aliphatic heterocycles. The van der Waals surface area contributed by atoms with Crippen molar-refractivity contribution in [1.29, 1.82) is 5.26 Å². The number of ether oxygens (including phenoxy) is 4. The lowest BCUT2D eigenvalue weighted by molar-refractivity contribution is 0.0684. The largest absolute Gasteiger partial charge is 0.488 e. The molecule has 2 amide bonds. The molecule has 2 fully saturated rings. The van der Waals surface area contributed by atoms with Gasteiger partial charge in [-0.2, -0.15) is 5.26 Å². The average Bonchev–Trinajstić information content (AvgIpc) is 3.38. The number of amides is 2. The Morgan fingerprint density at radius 3 is 1.53 bits per heavy atom. The molecule has 0 N–H and O–H groups in total. The lowest BCUT2D eigenvalue weighted by Crippen LogP contribution is -2.38. The topological polar surface area (TPSA) is 131 Å². The van der Waals surface area contributed by atoms with Crippen molar-refractivity contribution in [2.75, 3.05) is 26.2 Å². The molecule has 4 aromatic carbocycles. The highest BCUT2D eigenvalue weighted by Gasteiger charge is 2.28. The summed E-state index contributed by atoms with van der Waals surface area (Å²) in [5.74, 6) is 1.80.